The third-order valence-corrected chi connectivity index (χ3v) is 6.15. The zero-order valence-electron chi connectivity index (χ0n) is 16.9. The maximum atomic E-state index is 12.6. The van der Waals surface area contributed by atoms with Crippen LogP contribution in [-0.2, 0) is 21.9 Å². The van der Waals surface area contributed by atoms with Crippen LogP contribution in [0.25, 0.3) is 21.7 Å². The van der Waals surface area contributed by atoms with Gasteiger partial charge in [-0.3, -0.25) is 9.10 Å². The number of anilines is 1. The highest BCUT2D eigenvalue weighted by atomic mass is 32.2. The van der Waals surface area contributed by atoms with Crippen molar-refractivity contribution in [3.8, 4) is 5.88 Å². The number of nitrogens with zero attached hydrogens (tertiary/aromatic N) is 4. The van der Waals surface area contributed by atoms with Crippen LogP contribution in [0.3, 0.4) is 0 Å². The maximum Gasteiger partial charge on any atom is 0.285 e. The van der Waals surface area contributed by atoms with Crippen molar-refractivity contribution in [2.24, 2.45) is 17.3 Å². The maximum absolute atomic E-state index is 12.6. The van der Waals surface area contributed by atoms with Gasteiger partial charge in [0.2, 0.25) is 15.9 Å². The fraction of sp³-hybridized carbons (Fsp3) is 0.136. The molecule has 1 N–H and O–H groups in total. The third-order valence-electron chi connectivity index (χ3n) is 5.03. The minimum Gasteiger partial charge on any atom is -0.493 e. The average molecular weight is 436 g/mol. The Balaban J connectivity index is 1.68. The third kappa shape index (κ3) is 3.87. The largest absolute Gasteiger partial charge is 0.493 e. The van der Waals surface area contributed by atoms with Gasteiger partial charge in [0.25, 0.3) is 5.91 Å². The molecule has 0 aliphatic carbocycles. The second-order valence-electron chi connectivity index (χ2n) is 7.11. The highest BCUT2D eigenvalue weighted by molar-refractivity contribution is 7.92. The first kappa shape index (κ1) is 20.5. The van der Waals surface area contributed by atoms with E-state index in [0.717, 1.165) is 21.5 Å². The summed E-state index contributed by atoms with van der Waals surface area (Å²) >= 11 is 0. The van der Waals surface area contributed by atoms with Crippen LogP contribution < -0.4 is 4.31 Å². The van der Waals surface area contributed by atoms with Crippen molar-refractivity contribution >= 4 is 49.0 Å². The van der Waals surface area contributed by atoms with Crippen LogP contribution in [-0.4, -0.2) is 36.8 Å². The van der Waals surface area contributed by atoms with Gasteiger partial charge in [-0.25, -0.2) is 8.42 Å². The topological polar surface area (TPSA) is 104 Å². The molecule has 0 fully saturated rings. The number of carbonyl (C=O) groups excluding carboxylic acids is 1. The fourth-order valence-electron chi connectivity index (χ4n) is 3.53. The van der Waals surface area contributed by atoms with Crippen LogP contribution in [0.1, 0.15) is 0 Å². The minimum absolute atomic E-state index is 0.133. The number of sulfonamides is 1. The van der Waals surface area contributed by atoms with Crippen LogP contribution in [0.5, 0.6) is 5.88 Å². The second kappa shape index (κ2) is 7.84. The zero-order chi connectivity index (χ0) is 22.2. The number of hydrogen-bond acceptors (Lipinski definition) is 5. The lowest BCUT2D eigenvalue weighted by atomic mass is 10.1. The highest BCUT2D eigenvalue weighted by Gasteiger charge is 2.23. The first-order valence-corrected chi connectivity index (χ1v) is 11.3. The highest BCUT2D eigenvalue weighted by Crippen LogP contribution is 2.37. The van der Waals surface area contributed by atoms with Crippen LogP contribution in [0.15, 0.2) is 77.0 Å². The number of carbonyl (C=O) groups is 1. The SMILES string of the molecule is Cn1c(O)c(N=NC(=O)CN(c2cccc3ccccc23)S(C)(=O)=O)c2ccccc21. The van der Waals surface area contributed by atoms with Crippen LogP contribution in [0, 0.1) is 0 Å². The van der Waals surface area contributed by atoms with Gasteiger partial charge in [-0.1, -0.05) is 54.6 Å². The Kier molecular flexibility index (Phi) is 5.20. The van der Waals surface area contributed by atoms with E-state index in [1.165, 1.54) is 4.57 Å². The summed E-state index contributed by atoms with van der Waals surface area (Å²) in [5.41, 5.74) is 1.27. The molecule has 0 aliphatic rings. The summed E-state index contributed by atoms with van der Waals surface area (Å²) in [4.78, 5) is 12.6. The number of amides is 1. The van der Waals surface area contributed by atoms with Gasteiger partial charge in [-0.2, -0.15) is 0 Å². The van der Waals surface area contributed by atoms with Gasteiger partial charge < -0.3 is 9.67 Å². The number of azo groups is 1. The molecule has 4 aromatic rings. The van der Waals surface area contributed by atoms with Crippen molar-refractivity contribution in [2.45, 2.75) is 0 Å². The van der Waals surface area contributed by atoms with Gasteiger partial charge in [0.05, 0.1) is 17.5 Å². The van der Waals surface area contributed by atoms with Crippen molar-refractivity contribution < 1.29 is 18.3 Å². The number of para-hydroxylation sites is 1. The first-order valence-electron chi connectivity index (χ1n) is 9.44. The first-order chi connectivity index (χ1) is 14.8. The Hall–Kier alpha value is -3.72. The molecule has 1 amide bonds. The van der Waals surface area contributed by atoms with Crippen LogP contribution in [0.4, 0.5) is 11.4 Å². The molecule has 0 saturated heterocycles. The second-order valence-corrected chi connectivity index (χ2v) is 9.02. The Morgan fingerprint density at radius 2 is 1.65 bits per heavy atom. The molecule has 0 bridgehead atoms. The van der Waals surface area contributed by atoms with Crippen molar-refractivity contribution in [3.05, 3.63) is 66.7 Å². The van der Waals surface area contributed by atoms with Gasteiger partial charge in [0.15, 0.2) is 5.69 Å². The van der Waals surface area contributed by atoms with Crippen molar-refractivity contribution in [3.63, 3.8) is 0 Å². The Morgan fingerprint density at radius 3 is 2.39 bits per heavy atom. The molecule has 31 heavy (non-hydrogen) atoms. The van der Waals surface area contributed by atoms with E-state index in [1.807, 2.05) is 30.3 Å². The van der Waals surface area contributed by atoms with Gasteiger partial charge >= 0.3 is 0 Å². The molecular formula is C22H20N4O4S. The Morgan fingerprint density at radius 1 is 1.00 bits per heavy atom. The quantitative estimate of drug-likeness (QED) is 0.475. The van der Waals surface area contributed by atoms with E-state index in [1.54, 1.807) is 43.4 Å². The molecule has 4 rings (SSSR count). The molecule has 0 atom stereocenters. The number of benzene rings is 3. The lowest BCUT2D eigenvalue weighted by Crippen LogP contribution is -2.34. The van der Waals surface area contributed by atoms with Crippen molar-refractivity contribution in [1.29, 1.82) is 0 Å². The standard InChI is InChI=1S/C22H20N4O4S/c1-25-18-12-6-5-11-17(18)21(22(25)28)24-23-20(27)14-26(31(2,29)30)19-13-7-9-15-8-3-4-10-16(15)19/h3-13,28H,14H2,1-2H3. The van der Waals surface area contributed by atoms with Gasteiger partial charge in [-0.15, -0.1) is 10.2 Å². The van der Waals surface area contributed by atoms with E-state index in [2.05, 4.69) is 10.2 Å². The summed E-state index contributed by atoms with van der Waals surface area (Å²) in [6, 6.07) is 19.7. The molecule has 158 valence electrons. The molecule has 0 spiro atoms. The minimum atomic E-state index is -3.77. The Bertz CT molecular complexity index is 1440. The average Bonchev–Trinajstić information content (AvgIpc) is 2.99. The number of fused-ring (bicyclic) bond motifs is 2. The van der Waals surface area contributed by atoms with Crippen molar-refractivity contribution in [2.75, 3.05) is 17.1 Å². The van der Waals surface area contributed by atoms with Gasteiger partial charge in [0.1, 0.15) is 6.54 Å². The van der Waals surface area contributed by atoms with Crippen LogP contribution >= 0.6 is 0 Å². The van der Waals surface area contributed by atoms with E-state index in [9.17, 15) is 18.3 Å². The number of aromatic hydroxyl groups is 1. The number of aryl methyl sites for hydroxylation is 1. The monoisotopic (exact) mass is 436 g/mol. The molecule has 8 nitrogen and oxygen atoms in total. The van der Waals surface area contributed by atoms with Gasteiger partial charge in [-0.05, 0) is 17.5 Å². The lowest BCUT2D eigenvalue weighted by Gasteiger charge is -2.22. The predicted molar refractivity (Wildman–Crippen MR) is 120 cm³/mol. The lowest BCUT2D eigenvalue weighted by molar-refractivity contribution is -0.116. The van der Waals surface area contributed by atoms with Gasteiger partial charge in [0, 0.05) is 17.8 Å². The van der Waals surface area contributed by atoms with E-state index < -0.39 is 22.5 Å². The molecule has 1 heterocycles. The summed E-state index contributed by atoms with van der Waals surface area (Å²) in [6.45, 7) is -0.512. The summed E-state index contributed by atoms with van der Waals surface area (Å²) in [5.74, 6) is -0.891. The van der Waals surface area contributed by atoms with E-state index in [4.69, 9.17) is 0 Å². The molecular weight excluding hydrogens is 416 g/mol. The normalized spacial score (nSPS) is 12.1. The summed E-state index contributed by atoms with van der Waals surface area (Å²) in [6.07, 6.45) is 1.04. The fourth-order valence-corrected chi connectivity index (χ4v) is 4.39. The number of hydrogen-bond donors (Lipinski definition) is 1. The van der Waals surface area contributed by atoms with E-state index in [0.29, 0.717) is 16.5 Å². The zero-order valence-corrected chi connectivity index (χ0v) is 17.7. The molecule has 3 aromatic carbocycles. The van der Waals surface area contributed by atoms with Crippen LogP contribution in [0.2, 0.25) is 0 Å². The molecule has 1 aromatic heterocycles. The summed E-state index contributed by atoms with van der Waals surface area (Å²) in [7, 11) is -2.10. The molecule has 0 radical (unpaired) electrons. The number of aromatic nitrogens is 1. The molecule has 0 unspecified atom stereocenters. The van der Waals surface area contributed by atoms with Crippen molar-refractivity contribution in [1.82, 2.24) is 4.57 Å². The smallest absolute Gasteiger partial charge is 0.285 e. The van der Waals surface area contributed by atoms with E-state index in [-0.39, 0.29) is 11.6 Å². The molecule has 0 saturated carbocycles. The predicted octanol–water partition coefficient (Wildman–Crippen LogP) is 4.11. The molecule has 0 aliphatic heterocycles. The molecule has 9 heteroatoms. The van der Waals surface area contributed by atoms with E-state index >= 15 is 0 Å². The number of rotatable bonds is 5. The summed E-state index contributed by atoms with van der Waals surface area (Å²) in [5, 5.41) is 20.1. The summed E-state index contributed by atoms with van der Waals surface area (Å²) < 4.78 is 27.5. The Labute approximate surface area is 179 Å².